The fourth-order valence-corrected chi connectivity index (χ4v) is 4.24. The third-order valence-electron chi connectivity index (χ3n) is 4.78. The van der Waals surface area contributed by atoms with E-state index in [2.05, 4.69) is 20.9 Å². The van der Waals surface area contributed by atoms with Gasteiger partial charge in [0.2, 0.25) is 17.0 Å². The van der Waals surface area contributed by atoms with Gasteiger partial charge in [-0.1, -0.05) is 70.5 Å². The fraction of sp³-hybridized carbons (Fsp3) is 0.0870. The highest BCUT2D eigenvalue weighted by Gasteiger charge is 2.50. The molecule has 0 aliphatic carbocycles. The molecule has 1 unspecified atom stereocenters. The van der Waals surface area contributed by atoms with Crippen LogP contribution in [0.25, 0.3) is 10.8 Å². The van der Waals surface area contributed by atoms with Crippen molar-refractivity contribution in [3.05, 3.63) is 107 Å². The minimum Gasteiger partial charge on any atom is -0.464 e. The molecule has 1 aromatic heterocycles. The van der Waals surface area contributed by atoms with Crippen molar-refractivity contribution in [3.63, 3.8) is 0 Å². The second kappa shape index (κ2) is 8.63. The van der Waals surface area contributed by atoms with Gasteiger partial charge in [0.1, 0.15) is 0 Å². The summed E-state index contributed by atoms with van der Waals surface area (Å²) < 4.78 is 45.9. The Morgan fingerprint density at radius 3 is 2.33 bits per heavy atom. The van der Waals surface area contributed by atoms with E-state index < -0.39 is 22.2 Å². The summed E-state index contributed by atoms with van der Waals surface area (Å²) in [5.74, 6) is 0.152. The summed E-state index contributed by atoms with van der Waals surface area (Å²) in [6.45, 7) is 0. The Kier molecular flexibility index (Phi) is 5.94. The number of fused-ring (bicyclic) bond motifs is 1. The zero-order chi connectivity index (χ0) is 21.1. The molecule has 0 radical (unpaired) electrons. The van der Waals surface area contributed by atoms with E-state index in [1.165, 1.54) is 12.3 Å². The number of nitrogens with zero attached hydrogens (tertiary/aromatic N) is 1. The maximum Gasteiger partial charge on any atom is 0.275 e. The summed E-state index contributed by atoms with van der Waals surface area (Å²) in [5, 5.41) is -1.08. The average molecular weight is 486 g/mol. The number of halogens is 2. The molecule has 1 N–H and O–H groups in total. The van der Waals surface area contributed by atoms with Crippen LogP contribution in [0.4, 0.5) is 4.39 Å². The highest BCUT2D eigenvalue weighted by atomic mass is 79.9. The van der Waals surface area contributed by atoms with Crippen LogP contribution in [-0.4, -0.2) is 13.7 Å². The van der Waals surface area contributed by atoms with Gasteiger partial charge in [0.15, 0.2) is 6.10 Å². The first-order valence-electron chi connectivity index (χ1n) is 9.11. The molecule has 4 nitrogen and oxygen atoms in total. The fourth-order valence-electron chi connectivity index (χ4n) is 3.28. The zero-order valence-corrected chi connectivity index (χ0v) is 18.0. The Bertz CT molecular complexity index is 1190. The van der Waals surface area contributed by atoms with Crippen molar-refractivity contribution in [2.75, 3.05) is 0 Å². The van der Waals surface area contributed by atoms with E-state index in [0.29, 0.717) is 5.56 Å². The predicted molar refractivity (Wildman–Crippen MR) is 119 cm³/mol. The Hall–Kier alpha value is -2.61. The van der Waals surface area contributed by atoms with Crippen LogP contribution in [0.1, 0.15) is 17.2 Å². The maximum atomic E-state index is 16.6. The van der Waals surface area contributed by atoms with Gasteiger partial charge in [-0.05, 0) is 40.6 Å². The van der Waals surface area contributed by atoms with Gasteiger partial charge in [0, 0.05) is 22.3 Å². The second-order valence-electron chi connectivity index (χ2n) is 6.67. The van der Waals surface area contributed by atoms with Gasteiger partial charge in [0.25, 0.3) is 5.00 Å². The van der Waals surface area contributed by atoms with E-state index in [1.54, 1.807) is 54.6 Å². The van der Waals surface area contributed by atoms with E-state index in [0.717, 1.165) is 15.2 Å². The maximum absolute atomic E-state index is 16.6. The molecule has 30 heavy (non-hydrogen) atoms. The highest BCUT2D eigenvalue weighted by molar-refractivity contribution is 9.10. The highest BCUT2D eigenvalue weighted by Crippen LogP contribution is 2.45. The minimum atomic E-state index is -2.90. The van der Waals surface area contributed by atoms with Crippen LogP contribution in [0.3, 0.4) is 0 Å². The van der Waals surface area contributed by atoms with E-state index >= 15 is 4.39 Å². The molecule has 3 aromatic carbocycles. The van der Waals surface area contributed by atoms with Crippen LogP contribution in [-0.2, 0) is 16.1 Å². The molecular weight excluding hydrogens is 469 g/mol. The third-order valence-corrected chi connectivity index (χ3v) is 6.27. The van der Waals surface area contributed by atoms with Crippen LogP contribution in [0.15, 0.2) is 95.6 Å². The van der Waals surface area contributed by atoms with Gasteiger partial charge < -0.3 is 9.29 Å². The van der Waals surface area contributed by atoms with Crippen molar-refractivity contribution in [1.29, 1.82) is 0 Å². The zero-order valence-electron chi connectivity index (χ0n) is 15.6. The molecular formula is C23H17BrFNO3S. The van der Waals surface area contributed by atoms with Gasteiger partial charge in [-0.25, -0.2) is 13.6 Å². The number of alkyl halides is 1. The lowest BCUT2D eigenvalue weighted by Crippen LogP contribution is -2.37. The lowest BCUT2D eigenvalue weighted by atomic mass is 9.96. The largest absolute Gasteiger partial charge is 0.464 e. The first-order valence-corrected chi connectivity index (χ1v) is 11.0. The van der Waals surface area contributed by atoms with Crippen LogP contribution in [0, 0.1) is 0 Å². The summed E-state index contributed by atoms with van der Waals surface area (Å²) in [6.07, 6.45) is 0.104. The van der Waals surface area contributed by atoms with Gasteiger partial charge in [-0.3, -0.25) is 0 Å². The number of rotatable bonds is 6. The summed E-state index contributed by atoms with van der Waals surface area (Å²) in [7, 11) is 0. The first kappa shape index (κ1) is 20.7. The average Bonchev–Trinajstić information content (AvgIpc) is 2.78. The minimum absolute atomic E-state index is 0.0471. The molecule has 0 aliphatic rings. The van der Waals surface area contributed by atoms with Gasteiger partial charge in [-0.15, -0.1) is 0 Å². The molecule has 0 fully saturated rings. The molecule has 0 aliphatic heterocycles. The monoisotopic (exact) mass is 485 g/mol. The molecule has 3 atom stereocenters. The summed E-state index contributed by atoms with van der Waals surface area (Å²) >= 11 is 0.453. The van der Waals surface area contributed by atoms with Crippen molar-refractivity contribution < 1.29 is 17.9 Å². The Balaban J connectivity index is 1.88. The number of aromatic nitrogens is 1. The number of pyridine rings is 1. The van der Waals surface area contributed by atoms with Crippen LogP contribution >= 0.6 is 15.9 Å². The second-order valence-corrected chi connectivity index (χ2v) is 8.68. The summed E-state index contributed by atoms with van der Waals surface area (Å²) in [6, 6.07) is 24.0. The van der Waals surface area contributed by atoms with Crippen LogP contribution < -0.4 is 4.74 Å². The van der Waals surface area contributed by atoms with Crippen LogP contribution in [0.5, 0.6) is 5.88 Å². The molecule has 4 rings (SSSR count). The Labute approximate surface area is 184 Å². The Morgan fingerprint density at radius 1 is 0.967 bits per heavy atom. The molecule has 0 saturated heterocycles. The van der Waals surface area contributed by atoms with Crippen LogP contribution in [0.2, 0.25) is 0 Å². The van der Waals surface area contributed by atoms with Crippen molar-refractivity contribution in [2.24, 2.45) is 0 Å². The predicted octanol–water partition coefficient (Wildman–Crippen LogP) is 6.16. The lowest BCUT2D eigenvalue weighted by Gasteiger charge is -2.31. The smallest absolute Gasteiger partial charge is 0.275 e. The van der Waals surface area contributed by atoms with Crippen molar-refractivity contribution in [2.45, 2.75) is 11.1 Å². The normalized spacial score (nSPS) is 15.3. The molecule has 152 valence electrons. The molecule has 0 bridgehead atoms. The van der Waals surface area contributed by atoms with E-state index in [-0.39, 0.29) is 11.4 Å². The molecule has 0 saturated carbocycles. The Morgan fingerprint density at radius 2 is 1.67 bits per heavy atom. The van der Waals surface area contributed by atoms with E-state index in [4.69, 9.17) is 4.74 Å². The lowest BCUT2D eigenvalue weighted by molar-refractivity contribution is 0.0607. The number of benzene rings is 3. The SMILES string of the molecule is O=S(O)[C@@](F)(c1ccc2ccccc2c1)[C@@H](Oc1ccccn1)c1ccc(Br)cc1. The molecule has 7 heteroatoms. The topological polar surface area (TPSA) is 59.4 Å². The summed E-state index contributed by atoms with van der Waals surface area (Å²) in [5.41, 5.74) is 0.452. The third kappa shape index (κ3) is 4.01. The molecule has 0 amide bonds. The van der Waals surface area contributed by atoms with E-state index in [9.17, 15) is 8.76 Å². The quantitative estimate of drug-likeness (QED) is 0.332. The van der Waals surface area contributed by atoms with Crippen molar-refractivity contribution in [1.82, 2.24) is 4.98 Å². The van der Waals surface area contributed by atoms with E-state index in [1.807, 2.05) is 24.3 Å². The number of hydrogen-bond donors (Lipinski definition) is 1. The molecule has 0 spiro atoms. The molecule has 1 heterocycles. The van der Waals surface area contributed by atoms with Gasteiger partial charge >= 0.3 is 0 Å². The van der Waals surface area contributed by atoms with Crippen molar-refractivity contribution >= 4 is 37.8 Å². The number of hydrogen-bond acceptors (Lipinski definition) is 3. The van der Waals surface area contributed by atoms with Gasteiger partial charge in [0.05, 0.1) is 0 Å². The standard InChI is InChI=1S/C23H17BrFNO3S/c24-20-12-9-17(10-13-20)22(29-21-7-3-4-14-26-21)23(25,30(27)28)19-11-8-16-5-1-2-6-18(16)15-19/h1-15,22H,(H,27,28)/t22-,23-/m0/s1. The van der Waals surface area contributed by atoms with Crippen molar-refractivity contribution in [3.8, 4) is 5.88 Å². The molecule has 4 aromatic rings. The van der Waals surface area contributed by atoms with Gasteiger partial charge in [-0.2, -0.15) is 0 Å². The first-order chi connectivity index (χ1) is 14.5. The number of ether oxygens (including phenoxy) is 1. The summed E-state index contributed by atoms with van der Waals surface area (Å²) in [4.78, 5) is 4.10.